The number of esters is 1. The van der Waals surface area contributed by atoms with Crippen LogP contribution in [0.4, 0.5) is 9.18 Å². The third-order valence-corrected chi connectivity index (χ3v) is 5.13. The highest BCUT2D eigenvalue weighted by molar-refractivity contribution is 5.96. The number of urea groups is 1. The second kappa shape index (κ2) is 9.32. The molecule has 1 fully saturated rings. The first-order valence-electron chi connectivity index (χ1n) is 9.54. The number of benzene rings is 2. The maximum atomic E-state index is 13.2. The summed E-state index contributed by atoms with van der Waals surface area (Å²) in [5.41, 5.74) is 0.704. The number of halogens is 1. The number of amides is 3. The third kappa shape index (κ3) is 5.19. The van der Waals surface area contributed by atoms with E-state index < -0.39 is 29.9 Å². The van der Waals surface area contributed by atoms with Crippen LogP contribution in [0.5, 0.6) is 0 Å². The fourth-order valence-electron chi connectivity index (χ4n) is 3.61. The SMILES string of the molecule is O=C(COC(=O)C1(c2ccc(F)cc2)CCCC1)NC(=O)NCc1ccccc1. The van der Waals surface area contributed by atoms with Gasteiger partial charge in [0.25, 0.3) is 5.91 Å². The minimum Gasteiger partial charge on any atom is -0.455 e. The second-order valence-electron chi connectivity index (χ2n) is 7.09. The van der Waals surface area contributed by atoms with E-state index in [2.05, 4.69) is 10.6 Å². The summed E-state index contributed by atoms with van der Waals surface area (Å²) in [6.07, 6.45) is 2.86. The Hall–Kier alpha value is -3.22. The zero-order valence-corrected chi connectivity index (χ0v) is 15.9. The zero-order chi connectivity index (χ0) is 20.7. The van der Waals surface area contributed by atoms with Gasteiger partial charge in [-0.25, -0.2) is 9.18 Å². The number of hydrogen-bond acceptors (Lipinski definition) is 4. The first kappa shape index (κ1) is 20.5. The first-order chi connectivity index (χ1) is 14.0. The van der Waals surface area contributed by atoms with Crippen LogP contribution in [0.1, 0.15) is 36.8 Å². The minimum absolute atomic E-state index is 0.271. The van der Waals surface area contributed by atoms with Gasteiger partial charge in [-0.3, -0.25) is 14.9 Å². The van der Waals surface area contributed by atoms with Crippen molar-refractivity contribution in [3.63, 3.8) is 0 Å². The summed E-state index contributed by atoms with van der Waals surface area (Å²) in [4.78, 5) is 36.6. The van der Waals surface area contributed by atoms with Crippen LogP contribution in [-0.4, -0.2) is 24.5 Å². The van der Waals surface area contributed by atoms with E-state index in [9.17, 15) is 18.8 Å². The predicted octanol–water partition coefficient (Wildman–Crippen LogP) is 3.21. The van der Waals surface area contributed by atoms with Crippen LogP contribution in [0, 0.1) is 5.82 Å². The van der Waals surface area contributed by atoms with Crippen LogP contribution in [0.25, 0.3) is 0 Å². The van der Waals surface area contributed by atoms with Gasteiger partial charge >= 0.3 is 12.0 Å². The summed E-state index contributed by atoms with van der Waals surface area (Å²) in [5, 5.41) is 4.70. The second-order valence-corrected chi connectivity index (χ2v) is 7.09. The number of hydrogen-bond donors (Lipinski definition) is 2. The van der Waals surface area contributed by atoms with Crippen molar-refractivity contribution >= 4 is 17.9 Å². The lowest BCUT2D eigenvalue weighted by molar-refractivity contribution is -0.154. The maximum Gasteiger partial charge on any atom is 0.321 e. The van der Waals surface area contributed by atoms with Crippen molar-refractivity contribution in [1.29, 1.82) is 0 Å². The molecule has 0 aromatic heterocycles. The summed E-state index contributed by atoms with van der Waals surface area (Å²) in [7, 11) is 0. The highest BCUT2D eigenvalue weighted by Gasteiger charge is 2.44. The topological polar surface area (TPSA) is 84.5 Å². The molecule has 2 aromatic carbocycles. The van der Waals surface area contributed by atoms with Crippen LogP contribution in [0.2, 0.25) is 0 Å². The summed E-state index contributed by atoms with van der Waals surface area (Å²) in [5.74, 6) is -1.62. The molecule has 0 spiro atoms. The number of nitrogens with one attached hydrogen (secondary N) is 2. The van der Waals surface area contributed by atoms with Crippen LogP contribution in [0.3, 0.4) is 0 Å². The van der Waals surface area contributed by atoms with Crippen LogP contribution in [-0.2, 0) is 26.3 Å². The van der Waals surface area contributed by atoms with Crippen LogP contribution in [0.15, 0.2) is 54.6 Å². The number of carbonyl (C=O) groups is 3. The van der Waals surface area contributed by atoms with Crippen LogP contribution >= 0.6 is 0 Å². The minimum atomic E-state index is -0.871. The van der Waals surface area contributed by atoms with Crippen molar-refractivity contribution in [2.24, 2.45) is 0 Å². The van der Waals surface area contributed by atoms with Crippen molar-refractivity contribution in [2.45, 2.75) is 37.6 Å². The molecule has 3 rings (SSSR count). The van der Waals surface area contributed by atoms with Gasteiger partial charge in [-0.1, -0.05) is 55.3 Å². The van der Waals surface area contributed by atoms with Gasteiger partial charge in [0, 0.05) is 6.54 Å². The average Bonchev–Trinajstić information content (AvgIpc) is 3.23. The Kier molecular flexibility index (Phi) is 6.59. The van der Waals surface area contributed by atoms with Gasteiger partial charge < -0.3 is 10.1 Å². The van der Waals surface area contributed by atoms with Gasteiger partial charge in [0.15, 0.2) is 6.61 Å². The number of carbonyl (C=O) groups excluding carboxylic acids is 3. The average molecular weight is 398 g/mol. The molecule has 0 aliphatic heterocycles. The molecule has 1 aliphatic rings. The maximum absolute atomic E-state index is 13.2. The molecular formula is C22H23FN2O4. The summed E-state index contributed by atoms with van der Waals surface area (Å²) < 4.78 is 18.5. The van der Waals surface area contributed by atoms with E-state index in [0.717, 1.165) is 18.4 Å². The molecule has 0 atom stereocenters. The van der Waals surface area contributed by atoms with Gasteiger partial charge in [0.05, 0.1) is 5.41 Å². The molecule has 7 heteroatoms. The van der Waals surface area contributed by atoms with E-state index in [1.54, 1.807) is 12.1 Å². The monoisotopic (exact) mass is 398 g/mol. The van der Waals surface area contributed by atoms with Gasteiger partial charge in [0.1, 0.15) is 5.82 Å². The molecule has 29 heavy (non-hydrogen) atoms. The molecule has 2 N–H and O–H groups in total. The Bertz CT molecular complexity index is 862. The van der Waals surface area contributed by atoms with Gasteiger partial charge in [0.2, 0.25) is 0 Å². The quantitative estimate of drug-likeness (QED) is 0.732. The zero-order valence-electron chi connectivity index (χ0n) is 15.9. The Morgan fingerprint density at radius 1 is 0.966 bits per heavy atom. The highest BCUT2D eigenvalue weighted by Crippen LogP contribution is 2.42. The lowest BCUT2D eigenvalue weighted by Crippen LogP contribution is -2.42. The molecule has 0 unspecified atom stereocenters. The van der Waals surface area contributed by atoms with E-state index in [1.165, 1.54) is 12.1 Å². The molecule has 3 amide bonds. The van der Waals surface area contributed by atoms with E-state index in [0.29, 0.717) is 18.4 Å². The smallest absolute Gasteiger partial charge is 0.321 e. The van der Waals surface area contributed by atoms with Crippen molar-refractivity contribution in [1.82, 2.24) is 10.6 Å². The van der Waals surface area contributed by atoms with Crippen molar-refractivity contribution in [2.75, 3.05) is 6.61 Å². The summed E-state index contributed by atoms with van der Waals surface area (Å²) in [6.45, 7) is -0.284. The molecule has 0 radical (unpaired) electrons. The van der Waals surface area contributed by atoms with Gasteiger partial charge in [-0.15, -0.1) is 0 Å². The van der Waals surface area contributed by atoms with Gasteiger partial charge in [-0.05, 0) is 36.1 Å². The molecule has 1 aliphatic carbocycles. The van der Waals surface area contributed by atoms with Crippen LogP contribution < -0.4 is 10.6 Å². The molecule has 0 heterocycles. The summed E-state index contributed by atoms with van der Waals surface area (Å²) in [6, 6.07) is 14.4. The predicted molar refractivity (Wildman–Crippen MR) is 104 cm³/mol. The van der Waals surface area contributed by atoms with Crippen molar-refractivity contribution in [3.8, 4) is 0 Å². The Morgan fingerprint density at radius 3 is 2.28 bits per heavy atom. The summed E-state index contributed by atoms with van der Waals surface area (Å²) >= 11 is 0. The normalized spacial score (nSPS) is 14.8. The fraction of sp³-hybridized carbons (Fsp3) is 0.318. The molecule has 2 aromatic rings. The first-order valence-corrected chi connectivity index (χ1v) is 9.54. The van der Waals surface area contributed by atoms with E-state index >= 15 is 0 Å². The Balaban J connectivity index is 1.51. The van der Waals surface area contributed by atoms with E-state index in [4.69, 9.17) is 4.74 Å². The van der Waals surface area contributed by atoms with Gasteiger partial charge in [-0.2, -0.15) is 0 Å². The van der Waals surface area contributed by atoms with E-state index in [-0.39, 0.29) is 12.4 Å². The largest absolute Gasteiger partial charge is 0.455 e. The standard InChI is InChI=1S/C22H23FN2O4/c23-18-10-8-17(9-11-18)22(12-4-5-13-22)20(27)29-15-19(26)25-21(28)24-14-16-6-2-1-3-7-16/h1-3,6-11H,4-5,12-15H2,(H2,24,25,26,28). The third-order valence-electron chi connectivity index (χ3n) is 5.13. The fourth-order valence-corrected chi connectivity index (χ4v) is 3.61. The van der Waals surface area contributed by atoms with Crippen molar-refractivity contribution in [3.05, 3.63) is 71.5 Å². The van der Waals surface area contributed by atoms with E-state index in [1.807, 2.05) is 30.3 Å². The van der Waals surface area contributed by atoms with Crippen molar-refractivity contribution < 1.29 is 23.5 Å². The Morgan fingerprint density at radius 2 is 1.62 bits per heavy atom. The molecular weight excluding hydrogens is 375 g/mol. The molecule has 152 valence electrons. The molecule has 1 saturated carbocycles. The molecule has 0 saturated heterocycles. The molecule has 0 bridgehead atoms. The molecule has 6 nitrogen and oxygen atoms in total. The lowest BCUT2D eigenvalue weighted by atomic mass is 9.79. The number of rotatable bonds is 6. The highest BCUT2D eigenvalue weighted by atomic mass is 19.1. The number of imide groups is 1. The number of ether oxygens (including phenoxy) is 1. The Labute approximate surface area is 168 Å². The lowest BCUT2D eigenvalue weighted by Gasteiger charge is -2.27.